The maximum atomic E-state index is 12.0. The molecular formula is C13H24N4O4. The van der Waals surface area contributed by atoms with Crippen LogP contribution < -0.4 is 10.6 Å². The van der Waals surface area contributed by atoms with Gasteiger partial charge in [-0.3, -0.25) is 24.7 Å². The van der Waals surface area contributed by atoms with E-state index >= 15 is 0 Å². The van der Waals surface area contributed by atoms with Gasteiger partial charge in [0.15, 0.2) is 0 Å². The Kier molecular flexibility index (Phi) is 7.10. The highest BCUT2D eigenvalue weighted by Crippen LogP contribution is 2.07. The number of hydrogen-bond acceptors (Lipinski definition) is 5. The van der Waals surface area contributed by atoms with Crippen molar-refractivity contribution in [1.29, 1.82) is 0 Å². The molecule has 8 nitrogen and oxygen atoms in total. The van der Waals surface area contributed by atoms with E-state index in [-0.39, 0.29) is 12.5 Å². The van der Waals surface area contributed by atoms with Crippen molar-refractivity contribution < 1.29 is 19.5 Å². The third-order valence-corrected chi connectivity index (χ3v) is 3.48. The lowest BCUT2D eigenvalue weighted by molar-refractivity contribution is -0.138. The summed E-state index contributed by atoms with van der Waals surface area (Å²) in [6, 6.07) is -0.908. The van der Waals surface area contributed by atoms with Crippen LogP contribution in [0.15, 0.2) is 0 Å². The van der Waals surface area contributed by atoms with Crippen LogP contribution in [-0.2, 0) is 9.59 Å². The van der Waals surface area contributed by atoms with Crippen LogP contribution in [0.5, 0.6) is 0 Å². The quantitative estimate of drug-likeness (QED) is 0.621. The molecule has 3 amide bonds. The molecule has 21 heavy (non-hydrogen) atoms. The molecule has 0 radical (unpaired) electrons. The molecule has 0 aromatic carbocycles. The molecule has 1 heterocycles. The summed E-state index contributed by atoms with van der Waals surface area (Å²) < 4.78 is 0. The molecular weight excluding hydrogens is 276 g/mol. The van der Waals surface area contributed by atoms with E-state index in [1.807, 2.05) is 9.80 Å². The first kappa shape index (κ1) is 17.4. The van der Waals surface area contributed by atoms with Gasteiger partial charge in [-0.15, -0.1) is 0 Å². The Morgan fingerprint density at radius 1 is 1.19 bits per heavy atom. The van der Waals surface area contributed by atoms with Gasteiger partial charge in [0.25, 0.3) is 0 Å². The van der Waals surface area contributed by atoms with Gasteiger partial charge in [-0.2, -0.15) is 0 Å². The lowest BCUT2D eigenvalue weighted by Crippen LogP contribution is -2.50. The lowest BCUT2D eigenvalue weighted by Gasteiger charge is -2.26. The Morgan fingerprint density at radius 3 is 2.52 bits per heavy atom. The van der Waals surface area contributed by atoms with E-state index in [0.29, 0.717) is 32.7 Å². The van der Waals surface area contributed by atoms with Crippen molar-refractivity contribution in [2.24, 2.45) is 0 Å². The van der Waals surface area contributed by atoms with Crippen LogP contribution in [0, 0.1) is 0 Å². The molecule has 1 atom stereocenters. The number of carboxylic acid groups (broad SMARTS) is 1. The SMILES string of the molecule is CCNC(=O)NC(=O)C(C)N1CCCN(CC(=O)O)CC1. The fourth-order valence-corrected chi connectivity index (χ4v) is 2.31. The van der Waals surface area contributed by atoms with Crippen LogP contribution in [0.4, 0.5) is 4.79 Å². The van der Waals surface area contributed by atoms with E-state index in [9.17, 15) is 14.4 Å². The molecule has 0 aliphatic carbocycles. The number of nitrogens with one attached hydrogen (secondary N) is 2. The molecule has 1 aliphatic heterocycles. The highest BCUT2D eigenvalue weighted by Gasteiger charge is 2.25. The second-order valence-corrected chi connectivity index (χ2v) is 5.08. The summed E-state index contributed by atoms with van der Waals surface area (Å²) in [4.78, 5) is 37.9. The zero-order chi connectivity index (χ0) is 15.8. The molecule has 3 N–H and O–H groups in total. The number of carboxylic acids is 1. The van der Waals surface area contributed by atoms with Gasteiger partial charge >= 0.3 is 12.0 Å². The van der Waals surface area contributed by atoms with Crippen LogP contribution >= 0.6 is 0 Å². The molecule has 8 heteroatoms. The van der Waals surface area contributed by atoms with Crippen LogP contribution in [0.3, 0.4) is 0 Å². The fourth-order valence-electron chi connectivity index (χ4n) is 2.31. The standard InChI is InChI=1S/C13H24N4O4/c1-3-14-13(21)15-12(20)10(2)17-6-4-5-16(7-8-17)9-11(18)19/h10H,3-9H2,1-2H3,(H,18,19)(H2,14,15,20,21). The van der Waals surface area contributed by atoms with Gasteiger partial charge in [0.2, 0.25) is 5.91 Å². The summed E-state index contributed by atoms with van der Waals surface area (Å²) in [5.41, 5.74) is 0. The molecule has 120 valence electrons. The third kappa shape index (κ3) is 6.09. The zero-order valence-electron chi connectivity index (χ0n) is 12.6. The first-order valence-electron chi connectivity index (χ1n) is 7.21. The summed E-state index contributed by atoms with van der Waals surface area (Å²) in [6.45, 7) is 6.63. The molecule has 1 unspecified atom stereocenters. The Morgan fingerprint density at radius 2 is 1.90 bits per heavy atom. The Bertz CT molecular complexity index is 388. The van der Waals surface area contributed by atoms with Crippen LogP contribution in [-0.4, -0.2) is 78.1 Å². The van der Waals surface area contributed by atoms with Crippen molar-refractivity contribution in [3.05, 3.63) is 0 Å². The smallest absolute Gasteiger partial charge is 0.321 e. The molecule has 1 rings (SSSR count). The number of aliphatic carboxylic acids is 1. The average molecular weight is 300 g/mol. The van der Waals surface area contributed by atoms with E-state index in [4.69, 9.17) is 5.11 Å². The van der Waals surface area contributed by atoms with Crippen molar-refractivity contribution in [2.75, 3.05) is 39.3 Å². The predicted octanol–water partition coefficient (Wildman–Crippen LogP) is -0.687. The molecule has 1 saturated heterocycles. The highest BCUT2D eigenvalue weighted by molar-refractivity contribution is 5.96. The van der Waals surface area contributed by atoms with Gasteiger partial charge in [-0.1, -0.05) is 0 Å². The monoisotopic (exact) mass is 300 g/mol. The Labute approximate surface area is 124 Å². The van der Waals surface area contributed by atoms with Gasteiger partial charge in [0.1, 0.15) is 0 Å². The maximum absolute atomic E-state index is 12.0. The first-order chi connectivity index (χ1) is 9.93. The minimum Gasteiger partial charge on any atom is -0.480 e. The zero-order valence-corrected chi connectivity index (χ0v) is 12.6. The van der Waals surface area contributed by atoms with Crippen molar-refractivity contribution in [3.8, 4) is 0 Å². The molecule has 1 aliphatic rings. The first-order valence-corrected chi connectivity index (χ1v) is 7.21. The second-order valence-electron chi connectivity index (χ2n) is 5.08. The number of urea groups is 1. The van der Waals surface area contributed by atoms with E-state index in [1.54, 1.807) is 13.8 Å². The molecule has 1 fully saturated rings. The highest BCUT2D eigenvalue weighted by atomic mass is 16.4. The number of imide groups is 1. The van der Waals surface area contributed by atoms with Gasteiger partial charge in [-0.05, 0) is 20.3 Å². The van der Waals surface area contributed by atoms with E-state index in [0.717, 1.165) is 6.42 Å². The lowest BCUT2D eigenvalue weighted by atomic mass is 10.2. The summed E-state index contributed by atoms with van der Waals surface area (Å²) in [7, 11) is 0. The van der Waals surface area contributed by atoms with Crippen molar-refractivity contribution >= 4 is 17.9 Å². The number of amides is 3. The van der Waals surface area contributed by atoms with Gasteiger partial charge < -0.3 is 10.4 Å². The van der Waals surface area contributed by atoms with Gasteiger partial charge in [0, 0.05) is 32.7 Å². The predicted molar refractivity (Wildman–Crippen MR) is 76.9 cm³/mol. The summed E-state index contributed by atoms with van der Waals surface area (Å²) in [5.74, 6) is -1.18. The normalized spacial score (nSPS) is 18.6. The van der Waals surface area contributed by atoms with Gasteiger partial charge in [-0.25, -0.2) is 4.79 Å². The van der Waals surface area contributed by atoms with Crippen molar-refractivity contribution in [2.45, 2.75) is 26.3 Å². The maximum Gasteiger partial charge on any atom is 0.321 e. The van der Waals surface area contributed by atoms with Crippen molar-refractivity contribution in [3.63, 3.8) is 0 Å². The average Bonchev–Trinajstić information content (AvgIpc) is 2.63. The summed E-state index contributed by atoms with van der Waals surface area (Å²) in [5, 5.41) is 13.6. The Hall–Kier alpha value is -1.67. The Balaban J connectivity index is 2.47. The van der Waals surface area contributed by atoms with E-state index in [2.05, 4.69) is 10.6 Å². The molecule has 0 aromatic heterocycles. The number of carbonyl (C=O) groups is 3. The van der Waals surface area contributed by atoms with Crippen molar-refractivity contribution in [1.82, 2.24) is 20.4 Å². The molecule has 0 aromatic rings. The summed E-state index contributed by atoms with van der Waals surface area (Å²) in [6.07, 6.45) is 0.798. The third-order valence-electron chi connectivity index (χ3n) is 3.48. The summed E-state index contributed by atoms with van der Waals surface area (Å²) >= 11 is 0. The van der Waals surface area contributed by atoms with E-state index in [1.165, 1.54) is 0 Å². The topological polar surface area (TPSA) is 102 Å². The van der Waals surface area contributed by atoms with Crippen LogP contribution in [0.1, 0.15) is 20.3 Å². The van der Waals surface area contributed by atoms with Crippen LogP contribution in [0.2, 0.25) is 0 Å². The number of hydrogen-bond donors (Lipinski definition) is 3. The largest absolute Gasteiger partial charge is 0.480 e. The minimum absolute atomic E-state index is 0.0212. The molecule has 0 saturated carbocycles. The molecule has 0 spiro atoms. The molecule has 0 bridgehead atoms. The van der Waals surface area contributed by atoms with E-state index < -0.39 is 18.0 Å². The van der Waals surface area contributed by atoms with Crippen LogP contribution in [0.25, 0.3) is 0 Å². The second kappa shape index (κ2) is 8.58. The number of nitrogens with zero attached hydrogens (tertiary/aromatic N) is 2. The fraction of sp³-hybridized carbons (Fsp3) is 0.769. The number of carbonyl (C=O) groups excluding carboxylic acids is 2. The minimum atomic E-state index is -0.842. The van der Waals surface area contributed by atoms with Gasteiger partial charge in [0.05, 0.1) is 12.6 Å². The number of rotatable bonds is 5.